The Morgan fingerprint density at radius 2 is 0.605 bits per heavy atom. The van der Waals surface area contributed by atoms with Crippen LogP contribution >= 0.6 is 0 Å². The summed E-state index contributed by atoms with van der Waals surface area (Å²) in [6.07, 6.45) is 0. The van der Waals surface area contributed by atoms with E-state index in [1.165, 1.54) is 71.6 Å². The fourth-order valence-electron chi connectivity index (χ4n) is 13.4. The fraction of sp³-hybridized carbons (Fsp3) is 0.0750. The molecule has 0 N–H and O–H groups in total. The van der Waals surface area contributed by atoms with E-state index in [4.69, 9.17) is 29.9 Å². The zero-order valence-electron chi connectivity index (χ0n) is 48.1. The van der Waals surface area contributed by atoms with Gasteiger partial charge in [0.1, 0.15) is 0 Å². The van der Waals surface area contributed by atoms with Crippen LogP contribution in [0.5, 0.6) is 0 Å². The van der Waals surface area contributed by atoms with Crippen LogP contribution in [0.25, 0.3) is 146 Å². The van der Waals surface area contributed by atoms with Crippen molar-refractivity contribution in [1.29, 1.82) is 0 Å². The van der Waals surface area contributed by atoms with Crippen LogP contribution in [-0.2, 0) is 10.8 Å². The van der Waals surface area contributed by atoms with Gasteiger partial charge in [-0.2, -0.15) is 0 Å². The number of hydrogen-bond acceptors (Lipinski definition) is 6. The van der Waals surface area contributed by atoms with Crippen molar-refractivity contribution in [2.45, 2.75) is 38.5 Å². The smallest absolute Gasteiger partial charge is 0.164 e. The monoisotopic (exact) mass is 1100 g/mol. The second-order valence-electron chi connectivity index (χ2n) is 23.9. The van der Waals surface area contributed by atoms with Crippen LogP contribution in [0.4, 0.5) is 0 Å². The summed E-state index contributed by atoms with van der Waals surface area (Å²) in [4.78, 5) is 30.5. The van der Waals surface area contributed by atoms with E-state index in [1.54, 1.807) is 0 Å². The van der Waals surface area contributed by atoms with Gasteiger partial charge in [-0.3, -0.25) is 0 Å². The normalized spacial score (nSPS) is 13.3. The molecule has 0 bridgehead atoms. The molecule has 0 unspecified atom stereocenters. The second kappa shape index (κ2) is 19.9. The van der Waals surface area contributed by atoms with E-state index >= 15 is 0 Å². The van der Waals surface area contributed by atoms with Crippen LogP contribution in [0.2, 0.25) is 0 Å². The minimum absolute atomic E-state index is 0.125. The topological polar surface area (TPSA) is 77.3 Å². The number of benzene rings is 12. The number of hydrogen-bond donors (Lipinski definition) is 0. The van der Waals surface area contributed by atoms with Crippen molar-refractivity contribution >= 4 is 21.5 Å². The molecule has 0 saturated heterocycles. The summed E-state index contributed by atoms with van der Waals surface area (Å²) in [7, 11) is 0. The predicted molar refractivity (Wildman–Crippen MR) is 352 cm³/mol. The van der Waals surface area contributed by atoms with E-state index in [0.29, 0.717) is 34.9 Å². The first-order chi connectivity index (χ1) is 42.1. The van der Waals surface area contributed by atoms with Crippen LogP contribution in [-0.4, -0.2) is 29.9 Å². The van der Waals surface area contributed by atoms with E-state index in [2.05, 4.69) is 216 Å². The molecule has 86 heavy (non-hydrogen) atoms. The average molecular weight is 1100 g/mol. The molecule has 2 aliphatic carbocycles. The lowest BCUT2D eigenvalue weighted by molar-refractivity contribution is 0.661. The van der Waals surface area contributed by atoms with Crippen molar-refractivity contribution in [1.82, 2.24) is 29.9 Å². The zero-order valence-corrected chi connectivity index (χ0v) is 48.1. The van der Waals surface area contributed by atoms with Crippen molar-refractivity contribution in [3.05, 3.63) is 289 Å². The molecular weight excluding hydrogens is 1040 g/mol. The van der Waals surface area contributed by atoms with E-state index < -0.39 is 0 Å². The lowest BCUT2D eigenvalue weighted by atomic mass is 9.81. The molecule has 0 atom stereocenters. The number of fused-ring (bicyclic) bond motifs is 8. The molecule has 0 saturated carbocycles. The lowest BCUT2D eigenvalue weighted by Crippen LogP contribution is -2.14. The summed E-state index contributed by atoms with van der Waals surface area (Å²) >= 11 is 0. The molecule has 406 valence electrons. The summed E-state index contributed by atoms with van der Waals surface area (Å²) in [6, 6.07) is 95.2. The summed E-state index contributed by atoms with van der Waals surface area (Å²) < 4.78 is 0. The Balaban J connectivity index is 0.724. The molecule has 2 aliphatic rings. The van der Waals surface area contributed by atoms with Crippen LogP contribution < -0.4 is 0 Å². The minimum atomic E-state index is -0.228. The average Bonchev–Trinajstić information content (AvgIpc) is 1.65. The standard InChI is InChI=1S/C80H56N6/c1-79(2)68-42-41-58(49-33-37-54(38-34-49)76-82-73(51-19-8-5-9-20-51)81-74(83-76)52-21-10-6-11-22-52)44-65(68)66-46-60-28-17-30-62(64(60)48-71(66)79)59-27-16-29-61(43-59)78-85-75(53-23-12-7-13-24-53)84-77(86-78)55-39-35-50(36-40-55)63-31-18-32-69-72(63)67-45-56-25-14-15-26-57(56)47-70(67)80(69,3)4/h5-48H,1-4H3. The molecule has 14 aromatic rings. The van der Waals surface area contributed by atoms with Crippen LogP contribution in [0.15, 0.2) is 267 Å². The molecule has 6 heteroatoms. The third kappa shape index (κ3) is 8.55. The summed E-state index contributed by atoms with van der Waals surface area (Å²) in [5.41, 5.74) is 22.7. The van der Waals surface area contributed by atoms with E-state index in [1.807, 2.05) is 78.9 Å². The maximum absolute atomic E-state index is 5.27. The van der Waals surface area contributed by atoms with Crippen molar-refractivity contribution < 1.29 is 0 Å². The Bertz CT molecular complexity index is 4960. The Morgan fingerprint density at radius 1 is 0.209 bits per heavy atom. The van der Waals surface area contributed by atoms with Gasteiger partial charge in [0.15, 0.2) is 34.9 Å². The highest BCUT2D eigenvalue weighted by Gasteiger charge is 2.38. The van der Waals surface area contributed by atoms with Crippen molar-refractivity contribution in [3.8, 4) is 124 Å². The van der Waals surface area contributed by atoms with Crippen LogP contribution in [0.1, 0.15) is 49.9 Å². The van der Waals surface area contributed by atoms with Crippen LogP contribution in [0, 0.1) is 0 Å². The molecule has 2 heterocycles. The van der Waals surface area contributed by atoms with Gasteiger partial charge < -0.3 is 0 Å². The van der Waals surface area contributed by atoms with Gasteiger partial charge in [-0.15, -0.1) is 0 Å². The van der Waals surface area contributed by atoms with Crippen molar-refractivity contribution in [2.75, 3.05) is 0 Å². The molecule has 12 aromatic carbocycles. The molecule has 0 radical (unpaired) electrons. The van der Waals surface area contributed by atoms with E-state index in [9.17, 15) is 0 Å². The third-order valence-corrected chi connectivity index (χ3v) is 18.0. The molecule has 0 amide bonds. The molecule has 0 aliphatic heterocycles. The van der Waals surface area contributed by atoms with Gasteiger partial charge in [0.05, 0.1) is 0 Å². The largest absolute Gasteiger partial charge is 0.208 e. The van der Waals surface area contributed by atoms with Gasteiger partial charge in [-0.1, -0.05) is 258 Å². The highest BCUT2D eigenvalue weighted by atomic mass is 15.0. The van der Waals surface area contributed by atoms with Gasteiger partial charge in [-0.05, 0) is 136 Å². The molecule has 0 fully saturated rings. The third-order valence-electron chi connectivity index (χ3n) is 18.0. The number of aromatic nitrogens is 6. The molecular formula is C80H56N6. The van der Waals surface area contributed by atoms with Gasteiger partial charge in [-0.25, -0.2) is 29.9 Å². The number of nitrogens with zero attached hydrogens (tertiary/aromatic N) is 6. The second-order valence-corrected chi connectivity index (χ2v) is 23.9. The first-order valence-electron chi connectivity index (χ1n) is 29.5. The Hall–Kier alpha value is -10.8. The Labute approximate surface area is 500 Å². The Kier molecular flexibility index (Phi) is 11.8. The van der Waals surface area contributed by atoms with Crippen molar-refractivity contribution in [3.63, 3.8) is 0 Å². The molecule has 16 rings (SSSR count). The summed E-state index contributed by atoms with van der Waals surface area (Å²) in [5, 5.41) is 4.92. The highest BCUT2D eigenvalue weighted by Crippen LogP contribution is 2.54. The highest BCUT2D eigenvalue weighted by molar-refractivity contribution is 6.03. The number of rotatable bonds is 9. The van der Waals surface area contributed by atoms with Gasteiger partial charge in [0.2, 0.25) is 0 Å². The SMILES string of the molecule is CC1(C)c2ccc(-c3ccc(-c4nc(-c5ccccc5)nc(-c5ccccc5)n4)cc3)cc2-c2cc3cccc(-c4cccc(-c5nc(-c6ccccc6)nc(-c6ccc(-c7cccc8c7-c7cc9ccccc9cc7C8(C)C)cc6)n5)c4)c3cc21. The van der Waals surface area contributed by atoms with E-state index in [-0.39, 0.29) is 10.8 Å². The predicted octanol–water partition coefficient (Wildman–Crippen LogP) is 20.0. The van der Waals surface area contributed by atoms with E-state index in [0.717, 1.165) is 61.2 Å². The summed E-state index contributed by atoms with van der Waals surface area (Å²) in [5.74, 6) is 3.80. The first kappa shape index (κ1) is 50.9. The Morgan fingerprint density at radius 3 is 1.20 bits per heavy atom. The lowest BCUT2D eigenvalue weighted by Gasteiger charge is -2.22. The minimum Gasteiger partial charge on any atom is -0.208 e. The summed E-state index contributed by atoms with van der Waals surface area (Å²) in [6.45, 7) is 9.42. The zero-order chi connectivity index (χ0) is 57.7. The molecule has 2 aromatic heterocycles. The molecule has 0 spiro atoms. The maximum atomic E-state index is 5.27. The molecule has 6 nitrogen and oxygen atoms in total. The van der Waals surface area contributed by atoms with Gasteiger partial charge in [0.25, 0.3) is 0 Å². The first-order valence-corrected chi connectivity index (χ1v) is 29.5. The van der Waals surface area contributed by atoms with Crippen LogP contribution in [0.3, 0.4) is 0 Å². The van der Waals surface area contributed by atoms with Gasteiger partial charge >= 0.3 is 0 Å². The van der Waals surface area contributed by atoms with Gasteiger partial charge in [0, 0.05) is 44.2 Å². The maximum Gasteiger partial charge on any atom is 0.164 e. The van der Waals surface area contributed by atoms with Crippen molar-refractivity contribution in [2.24, 2.45) is 0 Å². The fourth-order valence-corrected chi connectivity index (χ4v) is 13.4. The quantitative estimate of drug-likeness (QED) is 0.143.